The molecule has 6 heteroatoms. The van der Waals surface area contributed by atoms with Crippen LogP contribution in [-0.2, 0) is 28.6 Å². The third-order valence-corrected chi connectivity index (χ3v) is 13.5. The Kier molecular flexibility index (Phi) is 52.1. The Morgan fingerprint density at radius 3 is 0.754 bits per heavy atom. The van der Waals surface area contributed by atoms with Crippen molar-refractivity contribution in [2.45, 2.75) is 342 Å². The van der Waals surface area contributed by atoms with E-state index >= 15 is 0 Å². The first-order valence-corrected chi connectivity index (χ1v) is 29.4. The van der Waals surface area contributed by atoms with Crippen LogP contribution in [0.3, 0.4) is 0 Å². The predicted octanol–water partition coefficient (Wildman–Crippen LogP) is 19.4. The van der Waals surface area contributed by atoms with E-state index in [0.717, 1.165) is 63.7 Å². The van der Waals surface area contributed by atoms with Crippen LogP contribution >= 0.6 is 0 Å². The first-order valence-electron chi connectivity index (χ1n) is 29.4. The van der Waals surface area contributed by atoms with Crippen LogP contribution in [-0.4, -0.2) is 37.2 Å². The van der Waals surface area contributed by atoms with E-state index in [2.05, 4.69) is 27.7 Å². The van der Waals surface area contributed by atoms with E-state index in [9.17, 15) is 14.4 Å². The lowest BCUT2D eigenvalue weighted by Crippen LogP contribution is -2.30. The molecule has 0 fully saturated rings. The van der Waals surface area contributed by atoms with Gasteiger partial charge in [-0.3, -0.25) is 14.4 Å². The molecule has 6 nitrogen and oxygen atoms in total. The maximum Gasteiger partial charge on any atom is 0.306 e. The molecule has 0 saturated heterocycles. The van der Waals surface area contributed by atoms with Crippen LogP contribution in [0.2, 0.25) is 0 Å². The lowest BCUT2D eigenvalue weighted by atomic mass is 10.0. The maximum atomic E-state index is 12.8. The first kappa shape index (κ1) is 63.4. The molecule has 0 aliphatic rings. The highest BCUT2D eigenvalue weighted by Gasteiger charge is 2.19. The van der Waals surface area contributed by atoms with Gasteiger partial charge in [0.05, 0.1) is 0 Å². The van der Waals surface area contributed by atoms with Crippen LogP contribution in [0.25, 0.3) is 0 Å². The number of carbonyl (C=O) groups excluding carboxylic acids is 3. The highest BCUT2D eigenvalue weighted by Crippen LogP contribution is 2.18. The van der Waals surface area contributed by atoms with Gasteiger partial charge in [0.25, 0.3) is 0 Å². The molecular formula is C59H114O6. The number of rotatable bonds is 54. The summed E-state index contributed by atoms with van der Waals surface area (Å²) in [5.74, 6) is -0.0309. The molecule has 0 radical (unpaired) electrons. The van der Waals surface area contributed by atoms with Crippen molar-refractivity contribution in [2.24, 2.45) is 5.92 Å². The summed E-state index contributed by atoms with van der Waals surface area (Å²) >= 11 is 0. The van der Waals surface area contributed by atoms with E-state index in [1.165, 1.54) is 231 Å². The molecule has 0 aliphatic heterocycles. The highest BCUT2D eigenvalue weighted by atomic mass is 16.6. The molecule has 0 unspecified atom stereocenters. The zero-order chi connectivity index (χ0) is 47.4. The van der Waals surface area contributed by atoms with Crippen molar-refractivity contribution >= 4 is 17.9 Å². The minimum atomic E-state index is -0.762. The second kappa shape index (κ2) is 53.4. The Bertz CT molecular complexity index is 980. The van der Waals surface area contributed by atoms with E-state index < -0.39 is 6.10 Å². The third-order valence-electron chi connectivity index (χ3n) is 13.5. The molecule has 386 valence electrons. The third kappa shape index (κ3) is 53.2. The lowest BCUT2D eigenvalue weighted by Gasteiger charge is -2.18. The molecule has 0 N–H and O–H groups in total. The molecular weight excluding hydrogens is 805 g/mol. The summed E-state index contributed by atoms with van der Waals surface area (Å²) in [5, 5.41) is 0. The zero-order valence-electron chi connectivity index (χ0n) is 44.5. The summed E-state index contributed by atoms with van der Waals surface area (Å²) in [4.78, 5) is 38.1. The summed E-state index contributed by atoms with van der Waals surface area (Å²) in [5.41, 5.74) is 0. The number of hydrogen-bond donors (Lipinski definition) is 0. The van der Waals surface area contributed by atoms with Gasteiger partial charge >= 0.3 is 17.9 Å². The average molecular weight is 920 g/mol. The second-order valence-electron chi connectivity index (χ2n) is 20.8. The van der Waals surface area contributed by atoms with Gasteiger partial charge in [-0.25, -0.2) is 0 Å². The standard InChI is InChI=1S/C59H114O6/c1-5-7-9-11-13-15-17-19-21-23-24-25-27-29-31-35-39-43-47-51-58(61)64-54-56(65-59(62)52-48-44-40-36-32-33-37-41-45-49-55(3)4)53-63-57(60)50-46-42-38-34-30-28-26-22-20-18-16-14-12-10-8-6-2/h55-56H,5-54H2,1-4H3/t56-/m1/s1. The Balaban J connectivity index is 4.24. The SMILES string of the molecule is CCCCCCCCCCCCCCCCCCCCCC(=O)OC[C@@H](COC(=O)CCCCCCCCCCCCCCCCCC)OC(=O)CCCCCCCCCCCC(C)C. The molecule has 65 heavy (non-hydrogen) atoms. The zero-order valence-corrected chi connectivity index (χ0v) is 44.5. The fraction of sp³-hybridized carbons (Fsp3) is 0.949. The van der Waals surface area contributed by atoms with Crippen molar-refractivity contribution < 1.29 is 28.6 Å². The summed E-state index contributed by atoms with van der Waals surface area (Å²) in [6.45, 7) is 9.04. The number of carbonyl (C=O) groups is 3. The van der Waals surface area contributed by atoms with E-state index in [1.54, 1.807) is 0 Å². The summed E-state index contributed by atoms with van der Waals surface area (Å²) in [6.07, 6.45) is 58.1. The topological polar surface area (TPSA) is 78.9 Å². The predicted molar refractivity (Wildman–Crippen MR) is 280 cm³/mol. The molecule has 0 aromatic carbocycles. The molecule has 0 heterocycles. The number of ether oxygens (including phenoxy) is 3. The summed E-state index contributed by atoms with van der Waals surface area (Å²) in [6, 6.07) is 0. The molecule has 0 bridgehead atoms. The molecule has 0 aliphatic carbocycles. The number of hydrogen-bond acceptors (Lipinski definition) is 6. The van der Waals surface area contributed by atoms with Gasteiger partial charge in [0, 0.05) is 19.3 Å². The largest absolute Gasteiger partial charge is 0.462 e. The van der Waals surface area contributed by atoms with E-state index in [4.69, 9.17) is 14.2 Å². The minimum absolute atomic E-state index is 0.0623. The van der Waals surface area contributed by atoms with Crippen molar-refractivity contribution in [1.82, 2.24) is 0 Å². The van der Waals surface area contributed by atoms with Gasteiger partial charge in [0.15, 0.2) is 6.10 Å². The molecule has 0 aromatic rings. The van der Waals surface area contributed by atoms with Crippen LogP contribution in [0, 0.1) is 5.92 Å². The maximum absolute atomic E-state index is 12.8. The molecule has 0 aromatic heterocycles. The van der Waals surface area contributed by atoms with Gasteiger partial charge in [0.2, 0.25) is 0 Å². The molecule has 0 spiro atoms. The van der Waals surface area contributed by atoms with E-state index in [0.29, 0.717) is 19.3 Å². The van der Waals surface area contributed by atoms with Gasteiger partial charge in [-0.05, 0) is 25.2 Å². The van der Waals surface area contributed by atoms with Crippen molar-refractivity contribution in [2.75, 3.05) is 13.2 Å². The lowest BCUT2D eigenvalue weighted by molar-refractivity contribution is -0.167. The Labute approximate surface area is 406 Å². The van der Waals surface area contributed by atoms with Gasteiger partial charge in [-0.15, -0.1) is 0 Å². The smallest absolute Gasteiger partial charge is 0.306 e. The van der Waals surface area contributed by atoms with E-state index in [-0.39, 0.29) is 31.1 Å². The van der Waals surface area contributed by atoms with Crippen LogP contribution in [0.15, 0.2) is 0 Å². The van der Waals surface area contributed by atoms with Gasteiger partial charge in [-0.2, -0.15) is 0 Å². The quantitative estimate of drug-likeness (QED) is 0.0344. The summed E-state index contributed by atoms with van der Waals surface area (Å²) < 4.78 is 16.9. The van der Waals surface area contributed by atoms with Crippen LogP contribution in [0.4, 0.5) is 0 Å². The molecule has 1 atom stereocenters. The van der Waals surface area contributed by atoms with Crippen molar-refractivity contribution in [3.8, 4) is 0 Å². The normalized spacial score (nSPS) is 12.0. The van der Waals surface area contributed by atoms with Crippen molar-refractivity contribution in [1.29, 1.82) is 0 Å². The monoisotopic (exact) mass is 919 g/mol. The average Bonchev–Trinajstić information content (AvgIpc) is 3.29. The molecule has 0 saturated carbocycles. The summed E-state index contributed by atoms with van der Waals surface area (Å²) in [7, 11) is 0. The number of unbranched alkanes of at least 4 members (excludes halogenated alkanes) is 41. The van der Waals surface area contributed by atoms with E-state index in [1.807, 2.05) is 0 Å². The van der Waals surface area contributed by atoms with Gasteiger partial charge < -0.3 is 14.2 Å². The van der Waals surface area contributed by atoms with Gasteiger partial charge in [-0.1, -0.05) is 297 Å². The highest BCUT2D eigenvalue weighted by molar-refractivity contribution is 5.71. The fourth-order valence-electron chi connectivity index (χ4n) is 9.10. The molecule has 0 amide bonds. The van der Waals surface area contributed by atoms with Crippen LogP contribution in [0.1, 0.15) is 336 Å². The Hall–Kier alpha value is -1.59. The fourth-order valence-corrected chi connectivity index (χ4v) is 9.10. The number of esters is 3. The first-order chi connectivity index (χ1) is 31.9. The van der Waals surface area contributed by atoms with Crippen LogP contribution < -0.4 is 0 Å². The second-order valence-corrected chi connectivity index (χ2v) is 20.8. The Morgan fingerprint density at radius 2 is 0.508 bits per heavy atom. The van der Waals surface area contributed by atoms with Gasteiger partial charge in [0.1, 0.15) is 13.2 Å². The molecule has 0 rings (SSSR count). The van der Waals surface area contributed by atoms with Crippen molar-refractivity contribution in [3.05, 3.63) is 0 Å². The minimum Gasteiger partial charge on any atom is -0.462 e. The Morgan fingerprint density at radius 1 is 0.292 bits per heavy atom. The van der Waals surface area contributed by atoms with Crippen LogP contribution in [0.5, 0.6) is 0 Å². The van der Waals surface area contributed by atoms with Crippen molar-refractivity contribution in [3.63, 3.8) is 0 Å².